The molecule has 0 unspecified atom stereocenters. The largest absolute Gasteiger partial charge is 0.380 e. The number of ether oxygens (including phenoxy) is 1. The Morgan fingerprint density at radius 3 is 2.67 bits per heavy atom. The van der Waals surface area contributed by atoms with Gasteiger partial charge in [-0.15, -0.1) is 0 Å². The van der Waals surface area contributed by atoms with Gasteiger partial charge in [-0.2, -0.15) is 0 Å². The van der Waals surface area contributed by atoms with E-state index in [1.165, 1.54) is 0 Å². The molecule has 0 saturated carbocycles. The molecule has 0 aliphatic heterocycles. The van der Waals surface area contributed by atoms with Gasteiger partial charge < -0.3 is 15.8 Å². The molecule has 0 heterocycles. The summed E-state index contributed by atoms with van der Waals surface area (Å²) >= 11 is 0. The van der Waals surface area contributed by atoms with Crippen LogP contribution in [0.4, 0.5) is 4.79 Å². The number of amides is 3. The van der Waals surface area contributed by atoms with E-state index in [2.05, 4.69) is 12.2 Å². The smallest absolute Gasteiger partial charge is 0.318 e. The molecule has 6 heteroatoms. The first-order valence-corrected chi connectivity index (χ1v) is 5.04. The topological polar surface area (TPSA) is 93.4 Å². The van der Waals surface area contributed by atoms with Gasteiger partial charge in [-0.05, 0) is 6.42 Å². The summed E-state index contributed by atoms with van der Waals surface area (Å²) in [5, 5.41) is 4.77. The standard InChI is InChI=1S/C9H19N3O3/c1-2-3-5-15-6-4-11-7-8(13)12-9(10)14/h11H,2-7H2,1H3,(H3,10,12,13,14). The summed E-state index contributed by atoms with van der Waals surface area (Å²) in [6.07, 6.45) is 2.15. The van der Waals surface area contributed by atoms with E-state index in [-0.39, 0.29) is 6.54 Å². The Labute approximate surface area is 89.5 Å². The van der Waals surface area contributed by atoms with Gasteiger partial charge >= 0.3 is 6.03 Å². The molecule has 0 atom stereocenters. The molecular formula is C9H19N3O3. The first-order valence-electron chi connectivity index (χ1n) is 5.04. The Bertz CT molecular complexity index is 197. The van der Waals surface area contributed by atoms with Gasteiger partial charge in [0.15, 0.2) is 0 Å². The summed E-state index contributed by atoms with van der Waals surface area (Å²) in [6, 6.07) is -0.832. The molecule has 6 nitrogen and oxygen atoms in total. The predicted octanol–water partition coefficient (Wildman–Crippen LogP) is -0.412. The van der Waals surface area contributed by atoms with Crippen LogP contribution in [0.3, 0.4) is 0 Å². The van der Waals surface area contributed by atoms with Crippen molar-refractivity contribution in [2.24, 2.45) is 5.73 Å². The van der Waals surface area contributed by atoms with Crippen LogP contribution in [0.2, 0.25) is 0 Å². The molecule has 0 saturated heterocycles. The van der Waals surface area contributed by atoms with E-state index in [1.54, 1.807) is 0 Å². The fraction of sp³-hybridized carbons (Fsp3) is 0.778. The third-order valence-corrected chi connectivity index (χ3v) is 1.61. The maximum atomic E-state index is 10.9. The van der Waals surface area contributed by atoms with Crippen LogP contribution in [0.15, 0.2) is 0 Å². The quantitative estimate of drug-likeness (QED) is 0.482. The summed E-state index contributed by atoms with van der Waals surface area (Å²) < 4.78 is 5.25. The van der Waals surface area contributed by atoms with Crippen molar-refractivity contribution >= 4 is 11.9 Å². The second-order valence-corrected chi connectivity index (χ2v) is 3.06. The lowest BCUT2D eigenvalue weighted by atomic mass is 10.4. The van der Waals surface area contributed by atoms with Gasteiger partial charge in [0.2, 0.25) is 5.91 Å². The average Bonchev–Trinajstić information content (AvgIpc) is 2.15. The van der Waals surface area contributed by atoms with Crippen LogP contribution in [-0.2, 0) is 9.53 Å². The van der Waals surface area contributed by atoms with Crippen molar-refractivity contribution in [2.45, 2.75) is 19.8 Å². The van der Waals surface area contributed by atoms with E-state index in [0.29, 0.717) is 13.2 Å². The molecular weight excluding hydrogens is 198 g/mol. The molecule has 88 valence electrons. The molecule has 15 heavy (non-hydrogen) atoms. The molecule has 0 aliphatic carbocycles. The second-order valence-electron chi connectivity index (χ2n) is 3.06. The highest BCUT2D eigenvalue weighted by Crippen LogP contribution is 1.86. The number of carbonyl (C=O) groups excluding carboxylic acids is 2. The predicted molar refractivity (Wildman–Crippen MR) is 56.3 cm³/mol. The molecule has 0 radical (unpaired) electrons. The summed E-state index contributed by atoms with van der Waals surface area (Å²) in [5.74, 6) is -0.434. The van der Waals surface area contributed by atoms with Crippen molar-refractivity contribution in [3.63, 3.8) is 0 Å². The lowest BCUT2D eigenvalue weighted by molar-refractivity contribution is -0.119. The van der Waals surface area contributed by atoms with E-state index in [4.69, 9.17) is 10.5 Å². The Morgan fingerprint density at radius 1 is 1.33 bits per heavy atom. The van der Waals surface area contributed by atoms with Gasteiger partial charge in [0.1, 0.15) is 0 Å². The number of urea groups is 1. The van der Waals surface area contributed by atoms with Gasteiger partial charge in [-0.3, -0.25) is 10.1 Å². The first kappa shape index (κ1) is 13.9. The van der Waals surface area contributed by atoms with E-state index >= 15 is 0 Å². The number of carbonyl (C=O) groups is 2. The molecule has 0 aromatic carbocycles. The number of primary amides is 1. The molecule has 0 aromatic rings. The van der Waals surface area contributed by atoms with E-state index in [1.807, 2.05) is 5.32 Å². The Morgan fingerprint density at radius 2 is 2.07 bits per heavy atom. The number of hydrogen-bond donors (Lipinski definition) is 3. The maximum Gasteiger partial charge on any atom is 0.318 e. The minimum Gasteiger partial charge on any atom is -0.380 e. The van der Waals surface area contributed by atoms with Crippen molar-refractivity contribution in [3.05, 3.63) is 0 Å². The zero-order valence-electron chi connectivity index (χ0n) is 9.04. The normalized spacial score (nSPS) is 9.93. The fourth-order valence-corrected chi connectivity index (χ4v) is 0.876. The third kappa shape index (κ3) is 10.8. The Hall–Kier alpha value is -1.14. The first-order chi connectivity index (χ1) is 7.16. The fourth-order valence-electron chi connectivity index (χ4n) is 0.876. The average molecular weight is 217 g/mol. The van der Waals surface area contributed by atoms with Crippen molar-refractivity contribution in [1.29, 1.82) is 0 Å². The van der Waals surface area contributed by atoms with Crippen LogP contribution in [-0.4, -0.2) is 38.2 Å². The van der Waals surface area contributed by atoms with E-state index < -0.39 is 11.9 Å². The number of rotatable bonds is 8. The van der Waals surface area contributed by atoms with Crippen LogP contribution in [0, 0.1) is 0 Å². The van der Waals surface area contributed by atoms with Crippen LogP contribution in [0.5, 0.6) is 0 Å². The molecule has 0 spiro atoms. The molecule has 0 aliphatic rings. The highest BCUT2D eigenvalue weighted by Gasteiger charge is 2.01. The third-order valence-electron chi connectivity index (χ3n) is 1.61. The van der Waals surface area contributed by atoms with Gasteiger partial charge in [-0.25, -0.2) is 4.79 Å². The monoisotopic (exact) mass is 217 g/mol. The van der Waals surface area contributed by atoms with Crippen molar-refractivity contribution in [1.82, 2.24) is 10.6 Å². The molecule has 0 rings (SSSR count). The number of nitrogens with two attached hydrogens (primary N) is 1. The maximum absolute atomic E-state index is 10.9. The molecule has 3 amide bonds. The molecule has 0 bridgehead atoms. The SMILES string of the molecule is CCCCOCCNCC(=O)NC(N)=O. The second kappa shape index (κ2) is 9.42. The van der Waals surface area contributed by atoms with Crippen LogP contribution < -0.4 is 16.4 Å². The number of imide groups is 1. The molecule has 0 aromatic heterocycles. The van der Waals surface area contributed by atoms with Gasteiger partial charge in [0.05, 0.1) is 13.2 Å². The van der Waals surface area contributed by atoms with Crippen LogP contribution in [0.25, 0.3) is 0 Å². The van der Waals surface area contributed by atoms with E-state index in [0.717, 1.165) is 19.4 Å². The zero-order valence-corrected chi connectivity index (χ0v) is 9.04. The van der Waals surface area contributed by atoms with Crippen molar-refractivity contribution in [2.75, 3.05) is 26.3 Å². The van der Waals surface area contributed by atoms with E-state index in [9.17, 15) is 9.59 Å². The van der Waals surface area contributed by atoms with Crippen molar-refractivity contribution in [3.8, 4) is 0 Å². The lowest BCUT2D eigenvalue weighted by Gasteiger charge is -2.05. The summed E-state index contributed by atoms with van der Waals surface area (Å²) in [4.78, 5) is 21.1. The van der Waals surface area contributed by atoms with Crippen LogP contribution >= 0.6 is 0 Å². The van der Waals surface area contributed by atoms with Gasteiger partial charge in [0, 0.05) is 13.2 Å². The highest BCUT2D eigenvalue weighted by molar-refractivity contribution is 5.94. The number of nitrogens with one attached hydrogen (secondary N) is 2. The van der Waals surface area contributed by atoms with Gasteiger partial charge in [0.25, 0.3) is 0 Å². The zero-order chi connectivity index (χ0) is 11.5. The van der Waals surface area contributed by atoms with Crippen LogP contribution in [0.1, 0.15) is 19.8 Å². The minimum absolute atomic E-state index is 0.0695. The van der Waals surface area contributed by atoms with Crippen molar-refractivity contribution < 1.29 is 14.3 Å². The summed E-state index contributed by atoms with van der Waals surface area (Å²) in [7, 11) is 0. The molecule has 4 N–H and O–H groups in total. The summed E-state index contributed by atoms with van der Waals surface area (Å²) in [6.45, 7) is 4.04. The summed E-state index contributed by atoms with van der Waals surface area (Å²) in [5.41, 5.74) is 4.76. The lowest BCUT2D eigenvalue weighted by Crippen LogP contribution is -2.41. The Balaban J connectivity index is 3.16. The van der Waals surface area contributed by atoms with Gasteiger partial charge in [-0.1, -0.05) is 13.3 Å². The number of unbranched alkanes of at least 4 members (excludes halogenated alkanes) is 1. The highest BCUT2D eigenvalue weighted by atomic mass is 16.5. The number of hydrogen-bond acceptors (Lipinski definition) is 4. The molecule has 0 fully saturated rings. The Kier molecular flexibility index (Phi) is 8.70. The minimum atomic E-state index is -0.832.